The van der Waals surface area contributed by atoms with Gasteiger partial charge in [0.05, 0.1) is 12.4 Å². The molecule has 1 saturated heterocycles. The van der Waals surface area contributed by atoms with Crippen LogP contribution in [0.4, 0.5) is 14.6 Å². The van der Waals surface area contributed by atoms with Gasteiger partial charge in [0.15, 0.2) is 11.5 Å². The lowest BCUT2D eigenvalue weighted by atomic mass is 10.1. The third-order valence-electron chi connectivity index (χ3n) is 4.29. The lowest BCUT2D eigenvalue weighted by molar-refractivity contribution is 0.145. The molecule has 1 unspecified atom stereocenters. The molecule has 25 heavy (non-hydrogen) atoms. The highest BCUT2D eigenvalue weighted by atomic mass is 19.3. The molecule has 0 aromatic carbocycles. The Bertz CT molecular complexity index is 895. The van der Waals surface area contributed by atoms with E-state index in [0.29, 0.717) is 17.2 Å². The molecule has 130 valence electrons. The van der Waals surface area contributed by atoms with Gasteiger partial charge in [0, 0.05) is 31.5 Å². The van der Waals surface area contributed by atoms with Crippen LogP contribution >= 0.6 is 0 Å². The molecular formula is C16H17F2N7. The minimum absolute atomic E-state index is 0.127. The molecule has 1 fully saturated rings. The number of aromatic nitrogens is 5. The summed E-state index contributed by atoms with van der Waals surface area (Å²) in [6.07, 6.45) is 5.18. The molecule has 3 aromatic rings. The van der Waals surface area contributed by atoms with Crippen LogP contribution in [-0.2, 0) is 0 Å². The third kappa shape index (κ3) is 3.02. The van der Waals surface area contributed by atoms with Crippen molar-refractivity contribution in [2.75, 3.05) is 18.0 Å². The summed E-state index contributed by atoms with van der Waals surface area (Å²) in [7, 11) is 0. The highest BCUT2D eigenvalue weighted by molar-refractivity contribution is 5.58. The Hall–Kier alpha value is -2.68. The van der Waals surface area contributed by atoms with Crippen molar-refractivity contribution in [3.05, 3.63) is 36.5 Å². The summed E-state index contributed by atoms with van der Waals surface area (Å²) >= 11 is 0. The van der Waals surface area contributed by atoms with Gasteiger partial charge < -0.3 is 10.6 Å². The zero-order valence-corrected chi connectivity index (χ0v) is 13.4. The van der Waals surface area contributed by atoms with E-state index in [-0.39, 0.29) is 11.7 Å². The Morgan fingerprint density at radius 1 is 1.20 bits per heavy atom. The molecule has 4 heterocycles. The number of anilines is 1. The van der Waals surface area contributed by atoms with Gasteiger partial charge in [-0.1, -0.05) is 0 Å². The van der Waals surface area contributed by atoms with Crippen LogP contribution in [0.1, 0.15) is 25.0 Å². The average molecular weight is 345 g/mol. The number of imidazole rings is 1. The summed E-state index contributed by atoms with van der Waals surface area (Å²) in [5, 5.41) is 0. The summed E-state index contributed by atoms with van der Waals surface area (Å²) < 4.78 is 27.4. The van der Waals surface area contributed by atoms with Crippen molar-refractivity contribution in [2.45, 2.75) is 25.3 Å². The van der Waals surface area contributed by atoms with E-state index in [0.717, 1.165) is 31.7 Å². The lowest BCUT2D eigenvalue weighted by Crippen LogP contribution is -2.43. The molecule has 1 atom stereocenters. The van der Waals surface area contributed by atoms with E-state index in [4.69, 9.17) is 5.73 Å². The van der Waals surface area contributed by atoms with Gasteiger partial charge in [-0.15, -0.1) is 0 Å². The van der Waals surface area contributed by atoms with Crippen LogP contribution in [0.2, 0.25) is 0 Å². The quantitative estimate of drug-likeness (QED) is 0.782. The maximum Gasteiger partial charge on any atom is 0.281 e. The molecule has 0 amide bonds. The van der Waals surface area contributed by atoms with Crippen LogP contribution in [0.3, 0.4) is 0 Å². The summed E-state index contributed by atoms with van der Waals surface area (Å²) in [6, 6.07) is 1.96. The van der Waals surface area contributed by atoms with Crippen molar-refractivity contribution in [3.63, 3.8) is 0 Å². The van der Waals surface area contributed by atoms with Crippen molar-refractivity contribution in [2.24, 2.45) is 5.73 Å². The molecule has 0 aliphatic carbocycles. The third-order valence-corrected chi connectivity index (χ3v) is 4.29. The largest absolute Gasteiger partial charge is 0.355 e. The number of nitrogens with zero attached hydrogens (tertiary/aromatic N) is 6. The van der Waals surface area contributed by atoms with Crippen molar-refractivity contribution in [1.82, 2.24) is 24.3 Å². The smallest absolute Gasteiger partial charge is 0.281 e. The SMILES string of the molecule is NC1CCCN(c2ccnc(-c3cnc4cnc(C(F)F)cn34)n2)C1. The first-order valence-corrected chi connectivity index (χ1v) is 8.07. The summed E-state index contributed by atoms with van der Waals surface area (Å²) in [5.41, 5.74) is 6.73. The first kappa shape index (κ1) is 15.8. The molecule has 3 aromatic heterocycles. The predicted molar refractivity (Wildman–Crippen MR) is 88.4 cm³/mol. The molecule has 0 saturated carbocycles. The Balaban J connectivity index is 1.73. The molecule has 2 N–H and O–H groups in total. The second-order valence-electron chi connectivity index (χ2n) is 6.07. The van der Waals surface area contributed by atoms with Crippen LogP contribution < -0.4 is 10.6 Å². The zero-order valence-electron chi connectivity index (χ0n) is 13.4. The van der Waals surface area contributed by atoms with E-state index in [1.807, 2.05) is 6.07 Å². The molecule has 9 heteroatoms. The maximum atomic E-state index is 12.9. The molecule has 7 nitrogen and oxygen atoms in total. The number of hydrogen-bond donors (Lipinski definition) is 1. The van der Waals surface area contributed by atoms with Gasteiger partial charge in [0.2, 0.25) is 0 Å². The first-order valence-electron chi connectivity index (χ1n) is 8.07. The van der Waals surface area contributed by atoms with E-state index in [1.54, 1.807) is 12.4 Å². The molecular weight excluding hydrogens is 328 g/mol. The number of alkyl halides is 2. The van der Waals surface area contributed by atoms with Gasteiger partial charge in [0.25, 0.3) is 6.43 Å². The molecule has 0 spiro atoms. The lowest BCUT2D eigenvalue weighted by Gasteiger charge is -2.31. The second kappa shape index (κ2) is 6.32. The van der Waals surface area contributed by atoms with Gasteiger partial charge in [-0.3, -0.25) is 4.40 Å². The summed E-state index contributed by atoms with van der Waals surface area (Å²) in [4.78, 5) is 18.9. The Labute approximate surface area is 142 Å². The van der Waals surface area contributed by atoms with Gasteiger partial charge in [-0.2, -0.15) is 0 Å². The number of fused-ring (bicyclic) bond motifs is 1. The van der Waals surface area contributed by atoms with Crippen LogP contribution in [0.5, 0.6) is 0 Å². The molecule has 1 aliphatic rings. The summed E-state index contributed by atoms with van der Waals surface area (Å²) in [6.45, 7) is 1.62. The van der Waals surface area contributed by atoms with Crippen LogP contribution in [-0.4, -0.2) is 43.5 Å². The normalized spacial score (nSPS) is 18.2. The highest BCUT2D eigenvalue weighted by Crippen LogP contribution is 2.23. The van der Waals surface area contributed by atoms with Crippen molar-refractivity contribution in [1.29, 1.82) is 0 Å². The maximum absolute atomic E-state index is 12.9. The fourth-order valence-corrected chi connectivity index (χ4v) is 3.05. The average Bonchev–Trinajstić information content (AvgIpc) is 3.05. The van der Waals surface area contributed by atoms with Crippen LogP contribution in [0.25, 0.3) is 17.2 Å². The van der Waals surface area contributed by atoms with Crippen molar-refractivity contribution in [3.8, 4) is 11.5 Å². The topological polar surface area (TPSA) is 85.2 Å². The van der Waals surface area contributed by atoms with E-state index >= 15 is 0 Å². The second-order valence-corrected chi connectivity index (χ2v) is 6.07. The Morgan fingerprint density at radius 2 is 2.08 bits per heavy atom. The molecule has 1 aliphatic heterocycles. The van der Waals surface area contributed by atoms with E-state index in [9.17, 15) is 8.78 Å². The minimum atomic E-state index is -2.65. The standard InChI is InChI=1S/C16H17F2N7/c17-15(18)11-9-25-12(6-22-14(25)7-21-11)16-20-4-3-13(23-16)24-5-1-2-10(19)8-24/h3-4,6-7,9-10,15H,1-2,5,8,19H2. The number of piperidine rings is 1. The number of hydrogen-bond acceptors (Lipinski definition) is 6. The molecule has 0 radical (unpaired) electrons. The van der Waals surface area contributed by atoms with E-state index in [2.05, 4.69) is 24.8 Å². The number of nitrogens with two attached hydrogens (primary N) is 1. The van der Waals surface area contributed by atoms with Gasteiger partial charge in [-0.25, -0.2) is 28.7 Å². The molecule has 0 bridgehead atoms. The summed E-state index contributed by atoms with van der Waals surface area (Å²) in [5.74, 6) is 1.20. The minimum Gasteiger partial charge on any atom is -0.355 e. The Kier molecular flexibility index (Phi) is 4.00. The number of rotatable bonds is 3. The van der Waals surface area contributed by atoms with Crippen molar-refractivity contribution < 1.29 is 8.78 Å². The molecule has 4 rings (SSSR count). The predicted octanol–water partition coefficient (Wildman–Crippen LogP) is 2.05. The Morgan fingerprint density at radius 3 is 2.88 bits per heavy atom. The van der Waals surface area contributed by atoms with Crippen LogP contribution in [0.15, 0.2) is 30.9 Å². The van der Waals surface area contributed by atoms with Crippen molar-refractivity contribution >= 4 is 11.5 Å². The van der Waals surface area contributed by atoms with Gasteiger partial charge in [0.1, 0.15) is 17.2 Å². The van der Waals surface area contributed by atoms with Crippen LogP contribution in [0, 0.1) is 0 Å². The first-order chi connectivity index (χ1) is 12.1. The fraction of sp³-hybridized carbons (Fsp3) is 0.375. The fourth-order valence-electron chi connectivity index (χ4n) is 3.05. The van der Waals surface area contributed by atoms with Gasteiger partial charge in [-0.05, 0) is 18.9 Å². The zero-order chi connectivity index (χ0) is 17.4. The van der Waals surface area contributed by atoms with E-state index < -0.39 is 6.43 Å². The van der Waals surface area contributed by atoms with E-state index in [1.165, 1.54) is 16.8 Å². The monoisotopic (exact) mass is 345 g/mol. The number of halogens is 2. The highest BCUT2D eigenvalue weighted by Gasteiger charge is 2.19. The van der Waals surface area contributed by atoms with Gasteiger partial charge >= 0.3 is 0 Å².